The van der Waals surface area contributed by atoms with Crippen LogP contribution in [-0.2, 0) is 14.8 Å². The third kappa shape index (κ3) is 5.01. The summed E-state index contributed by atoms with van der Waals surface area (Å²) in [6.45, 7) is 5.01. The number of sulfonamides is 1. The number of nitrogens with zero attached hydrogens (tertiary/aromatic N) is 2. The fraction of sp³-hybridized carbons (Fsp3) is 0.421. The Morgan fingerprint density at radius 1 is 1.31 bits per heavy atom. The van der Waals surface area contributed by atoms with E-state index in [0.717, 1.165) is 24.2 Å². The van der Waals surface area contributed by atoms with E-state index in [4.69, 9.17) is 4.74 Å². The van der Waals surface area contributed by atoms with Crippen LogP contribution in [0.5, 0.6) is 0 Å². The van der Waals surface area contributed by atoms with Gasteiger partial charge in [-0.25, -0.2) is 18.2 Å². The molecule has 29 heavy (non-hydrogen) atoms. The predicted molar refractivity (Wildman–Crippen MR) is 110 cm³/mol. The number of nitrogens with one attached hydrogen (secondary N) is 1. The van der Waals surface area contributed by atoms with Crippen LogP contribution < -0.4 is 5.32 Å². The van der Waals surface area contributed by atoms with E-state index >= 15 is 0 Å². The maximum atomic E-state index is 12.8. The number of ether oxygens (including phenoxy) is 1. The average Bonchev–Trinajstić information content (AvgIpc) is 3.17. The van der Waals surface area contributed by atoms with Gasteiger partial charge in [-0.3, -0.25) is 10.1 Å². The largest absolute Gasteiger partial charge is 0.461 e. The molecule has 1 aliphatic rings. The summed E-state index contributed by atoms with van der Waals surface area (Å²) in [4.78, 5) is 28.2. The molecule has 1 saturated heterocycles. The molecule has 156 valence electrons. The standard InChI is InChI=1S/C19H23N3O5S2/c1-3-27-18(24)16-12-28-19(20-16)21-17(23)14-6-8-15(9-7-14)29(25,26)22-10-4-5-13(2)11-22/h6-9,12-13H,3-5,10-11H2,1-2H3,(H,20,21,23). The number of piperidine rings is 1. The smallest absolute Gasteiger partial charge is 0.357 e. The van der Waals surface area contributed by atoms with Crippen molar-refractivity contribution in [3.8, 4) is 0 Å². The molecule has 1 amide bonds. The zero-order chi connectivity index (χ0) is 21.0. The molecule has 1 fully saturated rings. The normalized spacial score (nSPS) is 17.7. The fourth-order valence-corrected chi connectivity index (χ4v) is 5.36. The van der Waals surface area contributed by atoms with Gasteiger partial charge in [0, 0.05) is 24.0 Å². The lowest BCUT2D eigenvalue weighted by molar-refractivity contribution is 0.0520. The quantitative estimate of drug-likeness (QED) is 0.697. The average molecular weight is 438 g/mol. The number of benzene rings is 1. The van der Waals surface area contributed by atoms with Crippen molar-refractivity contribution in [1.82, 2.24) is 9.29 Å². The second kappa shape index (κ2) is 9.02. The van der Waals surface area contributed by atoms with Crippen LogP contribution in [0.4, 0.5) is 5.13 Å². The van der Waals surface area contributed by atoms with Gasteiger partial charge in [0.1, 0.15) is 0 Å². The molecule has 2 heterocycles. The molecule has 0 radical (unpaired) electrons. The molecule has 1 aliphatic heterocycles. The van der Waals surface area contributed by atoms with Crippen molar-refractivity contribution >= 4 is 38.4 Å². The zero-order valence-corrected chi connectivity index (χ0v) is 17.9. The summed E-state index contributed by atoms with van der Waals surface area (Å²) >= 11 is 1.11. The molecular formula is C19H23N3O5S2. The van der Waals surface area contributed by atoms with Crippen molar-refractivity contribution in [2.24, 2.45) is 5.92 Å². The first-order valence-corrected chi connectivity index (χ1v) is 11.7. The highest BCUT2D eigenvalue weighted by atomic mass is 32.2. The van der Waals surface area contributed by atoms with Crippen LogP contribution in [0.2, 0.25) is 0 Å². The lowest BCUT2D eigenvalue weighted by Gasteiger charge is -2.30. The van der Waals surface area contributed by atoms with E-state index in [1.807, 2.05) is 6.92 Å². The van der Waals surface area contributed by atoms with Gasteiger partial charge in [0.25, 0.3) is 5.91 Å². The molecule has 2 aromatic rings. The Kier molecular flexibility index (Phi) is 6.66. The summed E-state index contributed by atoms with van der Waals surface area (Å²) < 4.78 is 32.0. The van der Waals surface area contributed by atoms with Gasteiger partial charge in [0.05, 0.1) is 11.5 Å². The van der Waals surface area contributed by atoms with Crippen LogP contribution in [0.15, 0.2) is 34.5 Å². The summed E-state index contributed by atoms with van der Waals surface area (Å²) in [7, 11) is -3.57. The van der Waals surface area contributed by atoms with Crippen LogP contribution in [0.25, 0.3) is 0 Å². The van der Waals surface area contributed by atoms with E-state index in [-0.39, 0.29) is 22.3 Å². The highest BCUT2D eigenvalue weighted by molar-refractivity contribution is 7.89. The zero-order valence-electron chi connectivity index (χ0n) is 16.3. The van der Waals surface area contributed by atoms with Crippen molar-refractivity contribution in [3.05, 3.63) is 40.9 Å². The number of esters is 1. The fourth-order valence-electron chi connectivity index (χ4n) is 3.09. The first-order chi connectivity index (χ1) is 13.8. The summed E-state index contributed by atoms with van der Waals surface area (Å²) in [5.41, 5.74) is 0.424. The number of rotatable bonds is 6. The molecule has 1 N–H and O–H groups in total. The third-order valence-electron chi connectivity index (χ3n) is 4.58. The Hall–Kier alpha value is -2.30. The summed E-state index contributed by atoms with van der Waals surface area (Å²) in [6, 6.07) is 5.82. The maximum Gasteiger partial charge on any atom is 0.357 e. The van der Waals surface area contributed by atoms with E-state index in [0.29, 0.717) is 24.6 Å². The third-order valence-corrected chi connectivity index (χ3v) is 7.22. The SMILES string of the molecule is CCOC(=O)c1csc(NC(=O)c2ccc(S(=O)(=O)N3CCCC(C)C3)cc2)n1. The number of hydrogen-bond acceptors (Lipinski definition) is 7. The van der Waals surface area contributed by atoms with E-state index < -0.39 is 21.9 Å². The Morgan fingerprint density at radius 3 is 2.69 bits per heavy atom. The van der Waals surface area contributed by atoms with Crippen LogP contribution in [0, 0.1) is 5.92 Å². The van der Waals surface area contributed by atoms with E-state index in [2.05, 4.69) is 10.3 Å². The van der Waals surface area contributed by atoms with Gasteiger partial charge in [-0.05, 0) is 49.9 Å². The van der Waals surface area contributed by atoms with Gasteiger partial charge < -0.3 is 4.74 Å². The van der Waals surface area contributed by atoms with Crippen molar-refractivity contribution in [2.75, 3.05) is 25.0 Å². The minimum absolute atomic E-state index is 0.129. The summed E-state index contributed by atoms with van der Waals surface area (Å²) in [6.07, 6.45) is 1.88. The molecule has 3 rings (SSSR count). The van der Waals surface area contributed by atoms with E-state index in [1.54, 1.807) is 6.92 Å². The lowest BCUT2D eigenvalue weighted by Crippen LogP contribution is -2.39. The van der Waals surface area contributed by atoms with Gasteiger partial charge in [-0.15, -0.1) is 11.3 Å². The molecule has 1 unspecified atom stereocenters. The Balaban J connectivity index is 1.68. The van der Waals surface area contributed by atoms with Crippen molar-refractivity contribution < 1.29 is 22.7 Å². The van der Waals surface area contributed by atoms with Gasteiger partial charge in [0.2, 0.25) is 10.0 Å². The number of carbonyl (C=O) groups is 2. The van der Waals surface area contributed by atoms with Gasteiger partial charge in [-0.1, -0.05) is 6.92 Å². The first kappa shape index (κ1) is 21.4. The van der Waals surface area contributed by atoms with Crippen LogP contribution in [0.3, 0.4) is 0 Å². The number of anilines is 1. The van der Waals surface area contributed by atoms with E-state index in [1.165, 1.54) is 34.0 Å². The Morgan fingerprint density at radius 2 is 2.03 bits per heavy atom. The number of hydrogen-bond donors (Lipinski definition) is 1. The summed E-state index contributed by atoms with van der Waals surface area (Å²) in [5.74, 6) is -0.655. The minimum atomic E-state index is -3.57. The number of amides is 1. The molecule has 1 atom stereocenters. The molecule has 1 aromatic carbocycles. The Bertz CT molecular complexity index is 986. The summed E-state index contributed by atoms with van der Waals surface area (Å²) in [5, 5.41) is 4.37. The second-order valence-electron chi connectivity index (χ2n) is 6.85. The van der Waals surface area contributed by atoms with Gasteiger partial charge >= 0.3 is 5.97 Å². The van der Waals surface area contributed by atoms with Crippen LogP contribution in [-0.4, -0.2) is 49.3 Å². The number of aromatic nitrogens is 1. The monoisotopic (exact) mass is 437 g/mol. The molecular weight excluding hydrogens is 414 g/mol. The van der Waals surface area contributed by atoms with Crippen LogP contribution >= 0.6 is 11.3 Å². The number of thiazole rings is 1. The topological polar surface area (TPSA) is 106 Å². The molecule has 0 aliphatic carbocycles. The molecule has 0 spiro atoms. The lowest BCUT2D eigenvalue weighted by atomic mass is 10.0. The van der Waals surface area contributed by atoms with Crippen molar-refractivity contribution in [1.29, 1.82) is 0 Å². The number of carbonyl (C=O) groups excluding carboxylic acids is 2. The van der Waals surface area contributed by atoms with E-state index in [9.17, 15) is 18.0 Å². The molecule has 10 heteroatoms. The second-order valence-corrected chi connectivity index (χ2v) is 9.64. The minimum Gasteiger partial charge on any atom is -0.461 e. The first-order valence-electron chi connectivity index (χ1n) is 9.35. The van der Waals surface area contributed by atoms with Crippen LogP contribution in [0.1, 0.15) is 47.5 Å². The molecule has 0 saturated carbocycles. The van der Waals surface area contributed by atoms with Gasteiger partial charge in [-0.2, -0.15) is 4.31 Å². The highest BCUT2D eigenvalue weighted by Crippen LogP contribution is 2.24. The molecule has 1 aromatic heterocycles. The molecule has 0 bridgehead atoms. The maximum absolute atomic E-state index is 12.8. The highest BCUT2D eigenvalue weighted by Gasteiger charge is 2.28. The predicted octanol–water partition coefficient (Wildman–Crippen LogP) is 2.99. The Labute approximate surface area is 173 Å². The molecule has 8 nitrogen and oxygen atoms in total. The van der Waals surface area contributed by atoms with Crippen molar-refractivity contribution in [2.45, 2.75) is 31.6 Å². The van der Waals surface area contributed by atoms with Gasteiger partial charge in [0.15, 0.2) is 10.8 Å². The van der Waals surface area contributed by atoms with Crippen molar-refractivity contribution in [3.63, 3.8) is 0 Å².